The van der Waals surface area contributed by atoms with Gasteiger partial charge in [0.1, 0.15) is 0 Å². The summed E-state index contributed by atoms with van der Waals surface area (Å²) in [5, 5.41) is 2.64. The number of nitrogens with zero attached hydrogens (tertiary/aromatic N) is 1. The molecule has 3 heteroatoms. The van der Waals surface area contributed by atoms with Crippen molar-refractivity contribution in [3.8, 4) is 0 Å². The quantitative estimate of drug-likeness (QED) is 0.711. The summed E-state index contributed by atoms with van der Waals surface area (Å²) in [7, 11) is 0. The van der Waals surface area contributed by atoms with E-state index in [9.17, 15) is 0 Å². The van der Waals surface area contributed by atoms with Gasteiger partial charge in [0, 0.05) is 16.4 Å². The summed E-state index contributed by atoms with van der Waals surface area (Å²) in [5.41, 5.74) is 3.12. The Morgan fingerprint density at radius 3 is 2.86 bits per heavy atom. The van der Waals surface area contributed by atoms with Crippen molar-refractivity contribution in [2.75, 3.05) is 0 Å². The van der Waals surface area contributed by atoms with Crippen LogP contribution in [-0.2, 0) is 5.33 Å². The third-order valence-electron chi connectivity index (χ3n) is 2.10. The number of pyridine rings is 1. The molecule has 0 amide bonds. The molecule has 1 heterocycles. The van der Waals surface area contributed by atoms with Gasteiger partial charge in [-0.2, -0.15) is 0 Å². The minimum absolute atomic E-state index is 0.773. The van der Waals surface area contributed by atoms with Crippen molar-refractivity contribution in [1.82, 2.24) is 4.98 Å². The third kappa shape index (κ3) is 1.77. The van der Waals surface area contributed by atoms with Crippen LogP contribution in [0.5, 0.6) is 0 Å². The topological polar surface area (TPSA) is 12.9 Å². The van der Waals surface area contributed by atoms with Crippen molar-refractivity contribution >= 4 is 38.4 Å². The van der Waals surface area contributed by atoms with Gasteiger partial charge in [0.05, 0.1) is 10.5 Å². The van der Waals surface area contributed by atoms with Crippen LogP contribution in [-0.4, -0.2) is 4.98 Å². The lowest BCUT2D eigenvalue weighted by atomic mass is 10.1. The standard InChI is InChI=1S/C11H9BrClN/c1-7-4-10(13)9-5-8(6-12)2-3-11(9)14-7/h2-5H,6H2,1H3. The SMILES string of the molecule is Cc1cc(Cl)c2cc(CBr)ccc2n1. The molecule has 0 spiro atoms. The molecule has 0 radical (unpaired) electrons. The number of hydrogen-bond acceptors (Lipinski definition) is 1. The lowest BCUT2D eigenvalue weighted by Crippen LogP contribution is -1.86. The van der Waals surface area contributed by atoms with Gasteiger partial charge in [-0.05, 0) is 30.7 Å². The van der Waals surface area contributed by atoms with E-state index >= 15 is 0 Å². The number of aromatic nitrogens is 1. The Kier molecular flexibility index (Phi) is 2.75. The maximum atomic E-state index is 6.14. The molecule has 2 aromatic rings. The molecule has 0 N–H and O–H groups in total. The molecule has 0 bridgehead atoms. The predicted molar refractivity (Wildman–Crippen MR) is 64.1 cm³/mol. The third-order valence-corrected chi connectivity index (χ3v) is 3.07. The van der Waals surface area contributed by atoms with Crippen molar-refractivity contribution in [3.63, 3.8) is 0 Å². The van der Waals surface area contributed by atoms with E-state index < -0.39 is 0 Å². The zero-order chi connectivity index (χ0) is 10.1. The second kappa shape index (κ2) is 3.87. The summed E-state index contributed by atoms with van der Waals surface area (Å²) >= 11 is 9.55. The first-order valence-corrected chi connectivity index (χ1v) is 5.82. The lowest BCUT2D eigenvalue weighted by molar-refractivity contribution is 1.25. The molecule has 72 valence electrons. The average molecular weight is 271 g/mol. The van der Waals surface area contributed by atoms with E-state index in [1.807, 2.05) is 19.1 Å². The van der Waals surface area contributed by atoms with Gasteiger partial charge in [-0.15, -0.1) is 0 Å². The Morgan fingerprint density at radius 2 is 2.14 bits per heavy atom. The first-order valence-electron chi connectivity index (χ1n) is 4.32. The molecule has 0 atom stereocenters. The Labute approximate surface area is 96.2 Å². The largest absolute Gasteiger partial charge is 0.253 e. The van der Waals surface area contributed by atoms with Crippen LogP contribution < -0.4 is 0 Å². The van der Waals surface area contributed by atoms with E-state index in [1.165, 1.54) is 5.56 Å². The van der Waals surface area contributed by atoms with E-state index in [0.29, 0.717) is 0 Å². The minimum Gasteiger partial charge on any atom is -0.253 e. The zero-order valence-corrected chi connectivity index (χ0v) is 10.1. The van der Waals surface area contributed by atoms with Crippen LogP contribution >= 0.6 is 27.5 Å². The van der Waals surface area contributed by atoms with Gasteiger partial charge in [-0.3, -0.25) is 4.98 Å². The molecule has 0 unspecified atom stereocenters. The highest BCUT2D eigenvalue weighted by Crippen LogP contribution is 2.24. The van der Waals surface area contributed by atoms with Gasteiger partial charge in [0.2, 0.25) is 0 Å². The summed E-state index contributed by atoms with van der Waals surface area (Å²) in [6.45, 7) is 1.95. The first kappa shape index (κ1) is 9.94. The Balaban J connectivity index is 2.75. The Bertz CT molecular complexity index is 482. The number of hydrogen-bond donors (Lipinski definition) is 0. The number of alkyl halides is 1. The van der Waals surface area contributed by atoms with Crippen LogP contribution in [0, 0.1) is 6.92 Å². The van der Waals surface area contributed by atoms with Gasteiger partial charge in [-0.25, -0.2) is 0 Å². The van der Waals surface area contributed by atoms with E-state index in [2.05, 4.69) is 33.0 Å². The van der Waals surface area contributed by atoms with Gasteiger partial charge in [-0.1, -0.05) is 33.6 Å². The fourth-order valence-corrected chi connectivity index (χ4v) is 2.10. The van der Waals surface area contributed by atoms with Crippen molar-refractivity contribution in [2.45, 2.75) is 12.3 Å². The molecule has 1 aromatic heterocycles. The van der Waals surface area contributed by atoms with Crippen molar-refractivity contribution in [3.05, 3.63) is 40.5 Å². The van der Waals surface area contributed by atoms with Crippen molar-refractivity contribution < 1.29 is 0 Å². The molecule has 0 fully saturated rings. The number of fused-ring (bicyclic) bond motifs is 1. The van der Waals surface area contributed by atoms with Crippen LogP contribution in [0.2, 0.25) is 5.02 Å². The van der Waals surface area contributed by atoms with Gasteiger partial charge < -0.3 is 0 Å². The number of benzene rings is 1. The molecule has 0 aliphatic rings. The molecule has 2 rings (SSSR count). The molecule has 0 aliphatic heterocycles. The Hall–Kier alpha value is -0.600. The highest BCUT2D eigenvalue weighted by atomic mass is 79.9. The molecule has 1 nitrogen and oxygen atoms in total. The minimum atomic E-state index is 0.773. The first-order chi connectivity index (χ1) is 6.70. The van der Waals surface area contributed by atoms with Crippen LogP contribution in [0.1, 0.15) is 11.3 Å². The summed E-state index contributed by atoms with van der Waals surface area (Å²) < 4.78 is 0. The van der Waals surface area contributed by atoms with E-state index in [0.717, 1.165) is 26.9 Å². The smallest absolute Gasteiger partial charge is 0.0720 e. The van der Waals surface area contributed by atoms with E-state index in [1.54, 1.807) is 0 Å². The second-order valence-corrected chi connectivity index (χ2v) is 4.20. The predicted octanol–water partition coefficient (Wildman–Crippen LogP) is 4.09. The molecular formula is C11H9BrClN. The van der Waals surface area contributed by atoms with Crippen LogP contribution in [0.3, 0.4) is 0 Å². The van der Waals surface area contributed by atoms with Crippen LogP contribution in [0.15, 0.2) is 24.3 Å². The maximum Gasteiger partial charge on any atom is 0.0720 e. The average Bonchev–Trinajstić information content (AvgIpc) is 2.17. The van der Waals surface area contributed by atoms with Crippen molar-refractivity contribution in [1.29, 1.82) is 0 Å². The zero-order valence-electron chi connectivity index (χ0n) is 7.72. The molecular weight excluding hydrogens is 261 g/mol. The highest BCUT2D eigenvalue weighted by Gasteiger charge is 2.02. The summed E-state index contributed by atoms with van der Waals surface area (Å²) in [5.74, 6) is 0. The van der Waals surface area contributed by atoms with E-state index in [-0.39, 0.29) is 0 Å². The van der Waals surface area contributed by atoms with Gasteiger partial charge in [0.25, 0.3) is 0 Å². The fraction of sp³-hybridized carbons (Fsp3) is 0.182. The molecule has 0 saturated heterocycles. The summed E-state index contributed by atoms with van der Waals surface area (Å²) in [6, 6.07) is 8.02. The van der Waals surface area contributed by atoms with Gasteiger partial charge >= 0.3 is 0 Å². The Morgan fingerprint density at radius 1 is 1.36 bits per heavy atom. The highest BCUT2D eigenvalue weighted by molar-refractivity contribution is 9.08. The number of aryl methyl sites for hydroxylation is 1. The van der Waals surface area contributed by atoms with Gasteiger partial charge in [0.15, 0.2) is 0 Å². The van der Waals surface area contributed by atoms with Crippen LogP contribution in [0.4, 0.5) is 0 Å². The fourth-order valence-electron chi connectivity index (χ4n) is 1.44. The number of halogens is 2. The monoisotopic (exact) mass is 269 g/mol. The van der Waals surface area contributed by atoms with Crippen molar-refractivity contribution in [2.24, 2.45) is 0 Å². The second-order valence-electron chi connectivity index (χ2n) is 3.23. The summed E-state index contributed by atoms with van der Waals surface area (Å²) in [4.78, 5) is 4.41. The van der Waals surface area contributed by atoms with Crippen LogP contribution in [0.25, 0.3) is 10.9 Å². The van der Waals surface area contributed by atoms with E-state index in [4.69, 9.17) is 11.6 Å². The maximum absolute atomic E-state index is 6.14. The number of rotatable bonds is 1. The summed E-state index contributed by atoms with van der Waals surface area (Å²) in [6.07, 6.45) is 0. The molecule has 1 aromatic carbocycles. The lowest BCUT2D eigenvalue weighted by Gasteiger charge is -2.03. The normalized spacial score (nSPS) is 10.8. The molecule has 0 aliphatic carbocycles. The molecule has 0 saturated carbocycles. The molecule has 14 heavy (non-hydrogen) atoms.